The first-order valence-electron chi connectivity index (χ1n) is 4.74. The van der Waals surface area contributed by atoms with Gasteiger partial charge in [0.15, 0.2) is 0 Å². The Morgan fingerprint density at radius 1 is 1.23 bits per heavy atom. The number of hydrogen-bond acceptors (Lipinski definition) is 2. The Balaban J connectivity index is 2.44. The molecule has 0 saturated carbocycles. The highest BCUT2D eigenvalue weighted by atomic mass is 14.9. The molecule has 1 atom stereocenters. The summed E-state index contributed by atoms with van der Waals surface area (Å²) in [5.74, 6) is 0. The lowest BCUT2D eigenvalue weighted by molar-refractivity contribution is 0.538. The molecule has 1 unspecified atom stereocenters. The Hall–Kier alpha value is -0.860. The van der Waals surface area contributed by atoms with Crippen molar-refractivity contribution in [3.63, 3.8) is 0 Å². The SMILES string of the molecule is CC(C)NCC(N)c1ccccc1. The van der Waals surface area contributed by atoms with Crippen molar-refractivity contribution in [1.29, 1.82) is 0 Å². The zero-order chi connectivity index (χ0) is 9.68. The summed E-state index contributed by atoms with van der Waals surface area (Å²) in [6, 6.07) is 10.8. The van der Waals surface area contributed by atoms with E-state index >= 15 is 0 Å². The standard InChI is InChI=1S/C11H18N2/c1-9(2)13-8-11(12)10-6-4-3-5-7-10/h3-7,9,11,13H,8,12H2,1-2H3. The minimum Gasteiger partial charge on any atom is -0.323 e. The van der Waals surface area contributed by atoms with Crippen LogP contribution >= 0.6 is 0 Å². The minimum absolute atomic E-state index is 0.101. The van der Waals surface area contributed by atoms with Crippen LogP contribution in [0.4, 0.5) is 0 Å². The van der Waals surface area contributed by atoms with Gasteiger partial charge in [0, 0.05) is 18.6 Å². The van der Waals surface area contributed by atoms with Crippen molar-refractivity contribution in [3.05, 3.63) is 35.9 Å². The van der Waals surface area contributed by atoms with Crippen LogP contribution in [-0.4, -0.2) is 12.6 Å². The molecule has 72 valence electrons. The Morgan fingerprint density at radius 2 is 1.85 bits per heavy atom. The predicted octanol–water partition coefficient (Wildman–Crippen LogP) is 1.68. The van der Waals surface area contributed by atoms with Crippen LogP contribution in [0.15, 0.2) is 30.3 Å². The fourth-order valence-corrected chi connectivity index (χ4v) is 1.18. The lowest BCUT2D eigenvalue weighted by atomic mass is 10.1. The molecule has 0 spiro atoms. The number of nitrogens with two attached hydrogens (primary N) is 1. The molecule has 0 aromatic heterocycles. The van der Waals surface area contributed by atoms with Crippen LogP contribution in [0.3, 0.4) is 0 Å². The topological polar surface area (TPSA) is 38.0 Å². The number of benzene rings is 1. The third kappa shape index (κ3) is 3.57. The lowest BCUT2D eigenvalue weighted by Gasteiger charge is -2.14. The van der Waals surface area contributed by atoms with E-state index in [0.29, 0.717) is 6.04 Å². The van der Waals surface area contributed by atoms with Crippen LogP contribution in [0.1, 0.15) is 25.5 Å². The second kappa shape index (κ2) is 5.00. The highest BCUT2D eigenvalue weighted by Gasteiger charge is 2.04. The van der Waals surface area contributed by atoms with Crippen LogP contribution in [0.2, 0.25) is 0 Å². The maximum Gasteiger partial charge on any atom is 0.0421 e. The molecule has 0 fully saturated rings. The Labute approximate surface area is 80.1 Å². The van der Waals surface area contributed by atoms with E-state index in [4.69, 9.17) is 5.73 Å². The normalized spacial score (nSPS) is 13.2. The van der Waals surface area contributed by atoms with Gasteiger partial charge in [0.05, 0.1) is 0 Å². The molecular formula is C11H18N2. The highest BCUT2D eigenvalue weighted by Crippen LogP contribution is 2.07. The molecule has 0 amide bonds. The summed E-state index contributed by atoms with van der Waals surface area (Å²) in [6.07, 6.45) is 0. The second-order valence-corrected chi connectivity index (χ2v) is 3.58. The van der Waals surface area contributed by atoms with E-state index in [1.807, 2.05) is 18.2 Å². The van der Waals surface area contributed by atoms with Crippen LogP contribution < -0.4 is 11.1 Å². The molecule has 2 nitrogen and oxygen atoms in total. The first kappa shape index (κ1) is 10.2. The van der Waals surface area contributed by atoms with E-state index in [0.717, 1.165) is 6.54 Å². The minimum atomic E-state index is 0.101. The second-order valence-electron chi connectivity index (χ2n) is 3.58. The molecule has 2 heteroatoms. The molecule has 0 saturated heterocycles. The summed E-state index contributed by atoms with van der Waals surface area (Å²) in [5.41, 5.74) is 7.17. The van der Waals surface area contributed by atoms with Gasteiger partial charge in [0.25, 0.3) is 0 Å². The largest absolute Gasteiger partial charge is 0.323 e. The smallest absolute Gasteiger partial charge is 0.0421 e. The van der Waals surface area contributed by atoms with Gasteiger partial charge in [0.1, 0.15) is 0 Å². The summed E-state index contributed by atoms with van der Waals surface area (Å²) in [4.78, 5) is 0. The van der Waals surface area contributed by atoms with E-state index in [1.54, 1.807) is 0 Å². The zero-order valence-electron chi connectivity index (χ0n) is 8.33. The number of hydrogen-bond donors (Lipinski definition) is 2. The Morgan fingerprint density at radius 3 is 2.38 bits per heavy atom. The molecule has 3 N–H and O–H groups in total. The van der Waals surface area contributed by atoms with Crippen molar-refractivity contribution in [1.82, 2.24) is 5.32 Å². The molecular weight excluding hydrogens is 160 g/mol. The van der Waals surface area contributed by atoms with Crippen LogP contribution in [-0.2, 0) is 0 Å². The lowest BCUT2D eigenvalue weighted by Crippen LogP contribution is -2.31. The van der Waals surface area contributed by atoms with Gasteiger partial charge in [0.2, 0.25) is 0 Å². The maximum atomic E-state index is 5.98. The highest BCUT2D eigenvalue weighted by molar-refractivity contribution is 5.18. The van der Waals surface area contributed by atoms with Gasteiger partial charge in [-0.25, -0.2) is 0 Å². The van der Waals surface area contributed by atoms with E-state index < -0.39 is 0 Å². The fourth-order valence-electron chi connectivity index (χ4n) is 1.18. The number of nitrogens with one attached hydrogen (secondary N) is 1. The third-order valence-electron chi connectivity index (χ3n) is 1.97. The van der Waals surface area contributed by atoms with Crippen LogP contribution in [0, 0.1) is 0 Å². The summed E-state index contributed by atoms with van der Waals surface area (Å²) < 4.78 is 0. The molecule has 0 radical (unpaired) electrons. The van der Waals surface area contributed by atoms with Crippen molar-refractivity contribution >= 4 is 0 Å². The monoisotopic (exact) mass is 178 g/mol. The van der Waals surface area contributed by atoms with Crippen LogP contribution in [0.5, 0.6) is 0 Å². The predicted molar refractivity (Wildman–Crippen MR) is 56.5 cm³/mol. The molecule has 1 aromatic carbocycles. The van der Waals surface area contributed by atoms with Gasteiger partial charge in [-0.3, -0.25) is 0 Å². The molecule has 0 heterocycles. The third-order valence-corrected chi connectivity index (χ3v) is 1.97. The summed E-state index contributed by atoms with van der Waals surface area (Å²) in [7, 11) is 0. The van der Waals surface area contributed by atoms with Crippen LogP contribution in [0.25, 0.3) is 0 Å². The van der Waals surface area contributed by atoms with Gasteiger partial charge < -0.3 is 11.1 Å². The van der Waals surface area contributed by atoms with Crippen molar-refractivity contribution < 1.29 is 0 Å². The van der Waals surface area contributed by atoms with Crippen molar-refractivity contribution in [2.24, 2.45) is 5.73 Å². The van der Waals surface area contributed by atoms with Crippen molar-refractivity contribution in [3.8, 4) is 0 Å². The van der Waals surface area contributed by atoms with E-state index in [9.17, 15) is 0 Å². The van der Waals surface area contributed by atoms with Crippen molar-refractivity contribution in [2.45, 2.75) is 25.9 Å². The Kier molecular flexibility index (Phi) is 3.93. The van der Waals surface area contributed by atoms with Crippen molar-refractivity contribution in [2.75, 3.05) is 6.54 Å². The van der Waals surface area contributed by atoms with E-state index in [2.05, 4.69) is 31.3 Å². The molecule has 1 rings (SSSR count). The number of rotatable bonds is 4. The van der Waals surface area contributed by atoms with Gasteiger partial charge >= 0.3 is 0 Å². The summed E-state index contributed by atoms with van der Waals surface area (Å²) >= 11 is 0. The summed E-state index contributed by atoms with van der Waals surface area (Å²) in [6.45, 7) is 5.08. The fraction of sp³-hybridized carbons (Fsp3) is 0.455. The molecule has 0 aliphatic carbocycles. The van der Waals surface area contributed by atoms with E-state index in [1.165, 1.54) is 5.56 Å². The molecule has 1 aromatic rings. The Bertz CT molecular complexity index is 231. The maximum absolute atomic E-state index is 5.98. The molecule has 0 aliphatic rings. The van der Waals surface area contributed by atoms with Gasteiger partial charge in [-0.2, -0.15) is 0 Å². The molecule has 13 heavy (non-hydrogen) atoms. The first-order chi connectivity index (χ1) is 6.20. The van der Waals surface area contributed by atoms with E-state index in [-0.39, 0.29) is 6.04 Å². The zero-order valence-corrected chi connectivity index (χ0v) is 8.33. The molecule has 0 bridgehead atoms. The van der Waals surface area contributed by atoms with Gasteiger partial charge in [-0.05, 0) is 5.56 Å². The average Bonchev–Trinajstić information content (AvgIpc) is 2.15. The quantitative estimate of drug-likeness (QED) is 0.736. The average molecular weight is 178 g/mol. The van der Waals surface area contributed by atoms with Gasteiger partial charge in [-0.15, -0.1) is 0 Å². The summed E-state index contributed by atoms with van der Waals surface area (Å²) in [5, 5.41) is 3.32. The first-order valence-corrected chi connectivity index (χ1v) is 4.74. The van der Waals surface area contributed by atoms with Gasteiger partial charge in [-0.1, -0.05) is 44.2 Å². The molecule has 0 aliphatic heterocycles.